The van der Waals surface area contributed by atoms with E-state index >= 15 is 0 Å². The molecule has 0 spiro atoms. The van der Waals surface area contributed by atoms with Crippen molar-refractivity contribution < 1.29 is 13.5 Å². The highest BCUT2D eigenvalue weighted by atomic mass is 35.5. The Morgan fingerprint density at radius 3 is 2.42 bits per heavy atom. The van der Waals surface area contributed by atoms with Crippen molar-refractivity contribution in [3.63, 3.8) is 0 Å². The van der Waals surface area contributed by atoms with E-state index in [1.807, 2.05) is 6.07 Å². The van der Waals surface area contributed by atoms with Gasteiger partial charge in [0.1, 0.15) is 6.61 Å². The van der Waals surface area contributed by atoms with E-state index in [0.717, 1.165) is 12.1 Å². The third-order valence-electron chi connectivity index (χ3n) is 2.47. The molecular formula is C14H8ClF2NO. The number of nitriles is 1. The molecule has 19 heavy (non-hydrogen) atoms. The van der Waals surface area contributed by atoms with Gasteiger partial charge in [0.25, 0.3) is 0 Å². The van der Waals surface area contributed by atoms with Crippen LogP contribution in [0.15, 0.2) is 36.4 Å². The second kappa shape index (κ2) is 5.68. The minimum Gasteiger partial charge on any atom is -0.483 e. The summed E-state index contributed by atoms with van der Waals surface area (Å²) in [6.07, 6.45) is 0. The summed E-state index contributed by atoms with van der Waals surface area (Å²) in [5, 5.41) is 9.01. The van der Waals surface area contributed by atoms with E-state index in [1.165, 1.54) is 12.1 Å². The van der Waals surface area contributed by atoms with Crippen LogP contribution in [0.25, 0.3) is 0 Å². The first-order valence-corrected chi connectivity index (χ1v) is 5.75. The Hall–Kier alpha value is -2.12. The molecule has 0 aliphatic carbocycles. The number of para-hydroxylation sites is 1. The smallest absolute Gasteiger partial charge is 0.191 e. The Balaban J connectivity index is 2.17. The zero-order chi connectivity index (χ0) is 13.8. The molecule has 0 heterocycles. The van der Waals surface area contributed by atoms with E-state index in [4.69, 9.17) is 21.6 Å². The van der Waals surface area contributed by atoms with Gasteiger partial charge in [-0.3, -0.25) is 0 Å². The third kappa shape index (κ3) is 3.01. The molecule has 0 aromatic heterocycles. The van der Waals surface area contributed by atoms with Gasteiger partial charge in [-0.1, -0.05) is 23.7 Å². The summed E-state index contributed by atoms with van der Waals surface area (Å²) in [5.74, 6) is -1.99. The quantitative estimate of drug-likeness (QED) is 0.848. The molecular weight excluding hydrogens is 272 g/mol. The van der Waals surface area contributed by atoms with Crippen molar-refractivity contribution in [3.05, 3.63) is 64.2 Å². The van der Waals surface area contributed by atoms with E-state index in [-0.39, 0.29) is 6.61 Å². The molecule has 5 heteroatoms. The van der Waals surface area contributed by atoms with E-state index < -0.39 is 17.4 Å². The number of halogens is 3. The largest absolute Gasteiger partial charge is 0.483 e. The molecule has 0 N–H and O–H groups in total. The average molecular weight is 280 g/mol. The second-order valence-electron chi connectivity index (χ2n) is 3.76. The molecule has 0 aliphatic rings. The summed E-state index contributed by atoms with van der Waals surface area (Å²) in [7, 11) is 0. The van der Waals surface area contributed by atoms with Gasteiger partial charge in [0, 0.05) is 10.6 Å². The van der Waals surface area contributed by atoms with Gasteiger partial charge in [-0.05, 0) is 24.3 Å². The SMILES string of the molecule is N#Cc1ccc(COc2c(F)cccc2F)c(Cl)c1. The molecule has 2 aromatic carbocycles. The molecule has 0 bridgehead atoms. The summed E-state index contributed by atoms with van der Waals surface area (Å²) in [6.45, 7) is -0.0810. The Morgan fingerprint density at radius 1 is 1.16 bits per heavy atom. The lowest BCUT2D eigenvalue weighted by Crippen LogP contribution is -2.00. The van der Waals surface area contributed by atoms with Crippen molar-refractivity contribution in [2.24, 2.45) is 0 Å². The van der Waals surface area contributed by atoms with Crippen LogP contribution in [-0.4, -0.2) is 0 Å². The Morgan fingerprint density at radius 2 is 1.84 bits per heavy atom. The Kier molecular flexibility index (Phi) is 3.98. The molecule has 0 fully saturated rings. The van der Waals surface area contributed by atoms with E-state index in [9.17, 15) is 8.78 Å². The molecule has 2 nitrogen and oxygen atoms in total. The van der Waals surface area contributed by atoms with Crippen LogP contribution in [0, 0.1) is 23.0 Å². The lowest BCUT2D eigenvalue weighted by molar-refractivity contribution is 0.274. The fraction of sp³-hybridized carbons (Fsp3) is 0.0714. The zero-order valence-electron chi connectivity index (χ0n) is 9.66. The third-order valence-corrected chi connectivity index (χ3v) is 2.82. The van der Waals surface area contributed by atoms with Crippen molar-refractivity contribution in [2.75, 3.05) is 0 Å². The number of hydrogen-bond acceptors (Lipinski definition) is 2. The number of rotatable bonds is 3. The van der Waals surface area contributed by atoms with Crippen LogP contribution in [0.2, 0.25) is 5.02 Å². The highest BCUT2D eigenvalue weighted by Crippen LogP contribution is 2.24. The van der Waals surface area contributed by atoms with Gasteiger partial charge in [-0.2, -0.15) is 5.26 Å². The minimum absolute atomic E-state index is 0.0810. The number of benzene rings is 2. The van der Waals surface area contributed by atoms with Gasteiger partial charge in [-0.25, -0.2) is 8.78 Å². The highest BCUT2D eigenvalue weighted by molar-refractivity contribution is 6.31. The standard InChI is InChI=1S/C14H8ClF2NO/c15-11-6-9(7-18)4-5-10(11)8-19-14-12(16)2-1-3-13(14)17/h1-6H,8H2. The normalized spacial score (nSPS) is 10.0. The maximum absolute atomic E-state index is 13.3. The van der Waals surface area contributed by atoms with Crippen LogP contribution in [0.3, 0.4) is 0 Å². The summed E-state index contributed by atoms with van der Waals surface area (Å²) >= 11 is 5.94. The van der Waals surface area contributed by atoms with E-state index in [1.54, 1.807) is 12.1 Å². The van der Waals surface area contributed by atoms with Crippen LogP contribution in [0.5, 0.6) is 5.75 Å². The summed E-state index contributed by atoms with van der Waals surface area (Å²) in [4.78, 5) is 0. The van der Waals surface area contributed by atoms with Gasteiger partial charge in [0.2, 0.25) is 0 Å². The van der Waals surface area contributed by atoms with Crippen LogP contribution in [0.1, 0.15) is 11.1 Å². The molecule has 2 rings (SSSR count). The molecule has 2 aromatic rings. The molecule has 0 saturated carbocycles. The van der Waals surface area contributed by atoms with Gasteiger partial charge in [0.05, 0.1) is 11.6 Å². The maximum atomic E-state index is 13.3. The van der Waals surface area contributed by atoms with E-state index in [2.05, 4.69) is 0 Å². The van der Waals surface area contributed by atoms with Crippen LogP contribution < -0.4 is 4.74 Å². The number of nitrogens with zero attached hydrogens (tertiary/aromatic N) is 1. The molecule has 96 valence electrons. The van der Waals surface area contributed by atoms with Gasteiger partial charge in [0.15, 0.2) is 17.4 Å². The summed E-state index contributed by atoms with van der Waals surface area (Å²) < 4.78 is 31.8. The zero-order valence-corrected chi connectivity index (χ0v) is 10.4. The van der Waals surface area contributed by atoms with Gasteiger partial charge < -0.3 is 4.74 Å². The van der Waals surface area contributed by atoms with Crippen LogP contribution >= 0.6 is 11.6 Å². The molecule has 0 saturated heterocycles. The van der Waals surface area contributed by atoms with Crippen LogP contribution in [-0.2, 0) is 6.61 Å². The highest BCUT2D eigenvalue weighted by Gasteiger charge is 2.11. The lowest BCUT2D eigenvalue weighted by atomic mass is 10.1. The van der Waals surface area contributed by atoms with Gasteiger partial charge >= 0.3 is 0 Å². The first kappa shape index (κ1) is 13.3. The maximum Gasteiger partial charge on any atom is 0.191 e. The van der Waals surface area contributed by atoms with E-state index in [0.29, 0.717) is 16.1 Å². The molecule has 0 aliphatic heterocycles. The van der Waals surface area contributed by atoms with Crippen molar-refractivity contribution in [3.8, 4) is 11.8 Å². The van der Waals surface area contributed by atoms with Gasteiger partial charge in [-0.15, -0.1) is 0 Å². The number of ether oxygens (including phenoxy) is 1. The molecule has 0 atom stereocenters. The fourth-order valence-electron chi connectivity index (χ4n) is 1.50. The van der Waals surface area contributed by atoms with Crippen molar-refractivity contribution >= 4 is 11.6 Å². The fourth-order valence-corrected chi connectivity index (χ4v) is 1.74. The molecule has 0 radical (unpaired) electrons. The monoisotopic (exact) mass is 279 g/mol. The Bertz CT molecular complexity index is 632. The van der Waals surface area contributed by atoms with Crippen molar-refractivity contribution in [2.45, 2.75) is 6.61 Å². The van der Waals surface area contributed by atoms with Crippen molar-refractivity contribution in [1.82, 2.24) is 0 Å². The topological polar surface area (TPSA) is 33.0 Å². The second-order valence-corrected chi connectivity index (χ2v) is 4.16. The number of hydrogen-bond donors (Lipinski definition) is 0. The first-order valence-electron chi connectivity index (χ1n) is 5.37. The van der Waals surface area contributed by atoms with Crippen molar-refractivity contribution in [1.29, 1.82) is 5.26 Å². The molecule has 0 amide bonds. The predicted octanol–water partition coefficient (Wildman–Crippen LogP) is 4.07. The lowest BCUT2D eigenvalue weighted by Gasteiger charge is -2.09. The summed E-state index contributed by atoms with van der Waals surface area (Å²) in [6, 6.07) is 10.0. The molecule has 0 unspecified atom stereocenters. The van der Waals surface area contributed by atoms with Crippen LogP contribution in [0.4, 0.5) is 8.78 Å². The average Bonchev–Trinajstić information content (AvgIpc) is 2.39. The summed E-state index contributed by atoms with van der Waals surface area (Å²) in [5.41, 5.74) is 0.953. The minimum atomic E-state index is -0.773. The predicted molar refractivity (Wildman–Crippen MR) is 66.9 cm³/mol. The Labute approximate surface area is 113 Å². The first-order chi connectivity index (χ1) is 9.11.